The summed E-state index contributed by atoms with van der Waals surface area (Å²) in [5.41, 5.74) is 4.48. The van der Waals surface area contributed by atoms with Crippen molar-refractivity contribution in [2.45, 2.75) is 31.6 Å². The predicted octanol–water partition coefficient (Wildman–Crippen LogP) is 6.07. The van der Waals surface area contributed by atoms with Crippen LogP contribution in [0.4, 0.5) is 11.4 Å². The van der Waals surface area contributed by atoms with Gasteiger partial charge in [0.25, 0.3) is 5.91 Å². The Hall–Kier alpha value is -3.25. The third-order valence-electron chi connectivity index (χ3n) is 5.71. The van der Waals surface area contributed by atoms with Gasteiger partial charge < -0.3 is 10.1 Å². The van der Waals surface area contributed by atoms with Crippen molar-refractivity contribution in [1.29, 1.82) is 0 Å². The fourth-order valence-corrected chi connectivity index (χ4v) is 5.01. The first-order valence-electron chi connectivity index (χ1n) is 11.2. The molecular formula is C27H28N2O3S. The van der Waals surface area contributed by atoms with E-state index in [0.717, 1.165) is 42.0 Å². The molecule has 0 radical (unpaired) electrons. The number of unbranched alkanes of at least 4 members (excludes halogenated alkanes) is 1. The second kappa shape index (κ2) is 10.6. The summed E-state index contributed by atoms with van der Waals surface area (Å²) in [6, 6.07) is 23.0. The van der Waals surface area contributed by atoms with E-state index in [1.165, 1.54) is 5.56 Å². The first kappa shape index (κ1) is 22.9. The molecule has 1 atom stereocenters. The Labute approximate surface area is 199 Å². The van der Waals surface area contributed by atoms with Gasteiger partial charge in [-0.1, -0.05) is 37.6 Å². The van der Waals surface area contributed by atoms with Crippen molar-refractivity contribution >= 4 is 35.0 Å². The van der Waals surface area contributed by atoms with E-state index in [1.807, 2.05) is 77.7 Å². The lowest BCUT2D eigenvalue weighted by atomic mass is 10.1. The number of benzene rings is 3. The number of thioether (sulfide) groups is 1. The van der Waals surface area contributed by atoms with E-state index in [0.29, 0.717) is 11.3 Å². The zero-order valence-electron chi connectivity index (χ0n) is 18.9. The quantitative estimate of drug-likeness (QED) is 0.443. The molecule has 0 aliphatic carbocycles. The molecule has 3 aromatic carbocycles. The number of carbonyl (C=O) groups excluding carboxylic acids is 2. The van der Waals surface area contributed by atoms with E-state index in [4.69, 9.17) is 4.74 Å². The molecule has 170 valence electrons. The van der Waals surface area contributed by atoms with E-state index >= 15 is 0 Å². The van der Waals surface area contributed by atoms with Crippen LogP contribution in [0.15, 0.2) is 72.8 Å². The van der Waals surface area contributed by atoms with Crippen molar-refractivity contribution in [3.8, 4) is 5.75 Å². The van der Waals surface area contributed by atoms with E-state index in [9.17, 15) is 9.59 Å². The molecule has 1 N–H and O–H groups in total. The molecule has 1 saturated heterocycles. The first-order valence-corrected chi connectivity index (χ1v) is 12.2. The Kier molecular flexibility index (Phi) is 7.35. The summed E-state index contributed by atoms with van der Waals surface area (Å²) in [5.74, 6) is 1.14. The SMILES string of the molecule is CCCCc1ccc(C(=O)Nc2ccc(C3SCC(=O)N3c3ccc(OC)cc3)cc2)cc1. The van der Waals surface area contributed by atoms with Crippen LogP contribution in [0, 0.1) is 0 Å². The third-order valence-corrected chi connectivity index (χ3v) is 6.92. The Morgan fingerprint density at radius 1 is 1.03 bits per heavy atom. The first-order chi connectivity index (χ1) is 16.1. The minimum Gasteiger partial charge on any atom is -0.497 e. The zero-order chi connectivity index (χ0) is 23.2. The average Bonchev–Trinajstić information content (AvgIpc) is 3.24. The van der Waals surface area contributed by atoms with Crippen molar-refractivity contribution in [2.75, 3.05) is 23.1 Å². The molecule has 2 amide bonds. The molecule has 0 aromatic heterocycles. The summed E-state index contributed by atoms with van der Waals surface area (Å²) in [5, 5.41) is 2.86. The molecule has 1 fully saturated rings. The number of amides is 2. The van der Waals surface area contributed by atoms with Gasteiger partial charge in [-0.05, 0) is 72.5 Å². The fourth-order valence-electron chi connectivity index (χ4n) is 3.83. The standard InChI is InChI=1S/C27H28N2O3S/c1-3-4-5-19-6-8-20(9-7-19)26(31)28-22-12-10-21(11-13-22)27-29(25(30)18-33-27)23-14-16-24(32-2)17-15-23/h6-17,27H,3-5,18H2,1-2H3,(H,28,31). The molecule has 4 rings (SSSR count). The minimum atomic E-state index is -0.130. The van der Waals surface area contributed by atoms with Crippen LogP contribution in [-0.4, -0.2) is 24.7 Å². The van der Waals surface area contributed by atoms with Crippen molar-refractivity contribution in [3.63, 3.8) is 0 Å². The largest absolute Gasteiger partial charge is 0.497 e. The van der Waals surface area contributed by atoms with E-state index in [2.05, 4.69) is 12.2 Å². The van der Waals surface area contributed by atoms with Gasteiger partial charge in [0, 0.05) is 16.9 Å². The number of aryl methyl sites for hydroxylation is 1. The molecule has 3 aromatic rings. The Balaban J connectivity index is 1.43. The van der Waals surface area contributed by atoms with Crippen LogP contribution >= 0.6 is 11.8 Å². The van der Waals surface area contributed by atoms with Crippen LogP contribution in [0.25, 0.3) is 0 Å². The van der Waals surface area contributed by atoms with E-state index < -0.39 is 0 Å². The number of anilines is 2. The molecule has 1 heterocycles. The van der Waals surface area contributed by atoms with Crippen LogP contribution in [0.1, 0.15) is 46.6 Å². The lowest BCUT2D eigenvalue weighted by Gasteiger charge is -2.24. The molecular weight excluding hydrogens is 432 g/mol. The summed E-state index contributed by atoms with van der Waals surface area (Å²) in [6.45, 7) is 2.17. The molecule has 6 heteroatoms. The molecule has 0 saturated carbocycles. The average molecular weight is 461 g/mol. The molecule has 1 aliphatic heterocycles. The van der Waals surface area contributed by atoms with E-state index in [-0.39, 0.29) is 17.2 Å². The Morgan fingerprint density at radius 2 is 1.73 bits per heavy atom. The van der Waals surface area contributed by atoms with Gasteiger partial charge in [0.1, 0.15) is 11.1 Å². The predicted molar refractivity (Wildman–Crippen MR) is 135 cm³/mol. The highest BCUT2D eigenvalue weighted by atomic mass is 32.2. The van der Waals surface area contributed by atoms with Gasteiger partial charge in [0.15, 0.2) is 0 Å². The summed E-state index contributed by atoms with van der Waals surface area (Å²) in [6.07, 6.45) is 3.34. The monoisotopic (exact) mass is 460 g/mol. The maximum Gasteiger partial charge on any atom is 0.255 e. The molecule has 0 bridgehead atoms. The molecule has 1 aliphatic rings. The van der Waals surface area contributed by atoms with Crippen molar-refractivity contribution < 1.29 is 14.3 Å². The van der Waals surface area contributed by atoms with Crippen molar-refractivity contribution in [1.82, 2.24) is 0 Å². The number of rotatable bonds is 8. The van der Waals surface area contributed by atoms with Gasteiger partial charge >= 0.3 is 0 Å². The third kappa shape index (κ3) is 5.40. The smallest absolute Gasteiger partial charge is 0.255 e. The lowest BCUT2D eigenvalue weighted by molar-refractivity contribution is -0.115. The molecule has 0 spiro atoms. The number of methoxy groups -OCH3 is 1. The fraction of sp³-hybridized carbons (Fsp3) is 0.259. The number of hydrogen-bond acceptors (Lipinski definition) is 4. The topological polar surface area (TPSA) is 58.6 Å². The minimum absolute atomic E-state index is 0.0786. The van der Waals surface area contributed by atoms with Gasteiger partial charge in [0.2, 0.25) is 5.91 Å². The van der Waals surface area contributed by atoms with Crippen molar-refractivity contribution in [3.05, 3.63) is 89.5 Å². The van der Waals surface area contributed by atoms with Crippen LogP contribution in [-0.2, 0) is 11.2 Å². The van der Waals surface area contributed by atoms with Gasteiger partial charge in [-0.3, -0.25) is 14.5 Å². The van der Waals surface area contributed by atoms with Gasteiger partial charge in [-0.2, -0.15) is 0 Å². The zero-order valence-corrected chi connectivity index (χ0v) is 19.7. The normalized spacial score (nSPS) is 15.5. The van der Waals surface area contributed by atoms with Crippen LogP contribution in [0.2, 0.25) is 0 Å². The van der Waals surface area contributed by atoms with E-state index in [1.54, 1.807) is 18.9 Å². The molecule has 33 heavy (non-hydrogen) atoms. The highest BCUT2D eigenvalue weighted by molar-refractivity contribution is 8.00. The summed E-state index contributed by atoms with van der Waals surface area (Å²) in [4.78, 5) is 27.0. The number of hydrogen-bond donors (Lipinski definition) is 1. The van der Waals surface area contributed by atoms with Crippen molar-refractivity contribution in [2.24, 2.45) is 0 Å². The summed E-state index contributed by atoms with van der Waals surface area (Å²) in [7, 11) is 1.62. The number of carbonyl (C=O) groups is 2. The Morgan fingerprint density at radius 3 is 2.36 bits per heavy atom. The Bertz CT molecular complexity index is 1100. The number of nitrogens with zero attached hydrogens (tertiary/aromatic N) is 1. The van der Waals surface area contributed by atoms with Gasteiger partial charge in [-0.15, -0.1) is 11.8 Å². The highest BCUT2D eigenvalue weighted by Crippen LogP contribution is 2.42. The molecule has 5 nitrogen and oxygen atoms in total. The lowest BCUT2D eigenvalue weighted by Crippen LogP contribution is -2.27. The second-order valence-electron chi connectivity index (χ2n) is 8.00. The van der Waals surface area contributed by atoms with Crippen LogP contribution < -0.4 is 15.0 Å². The summed E-state index contributed by atoms with van der Waals surface area (Å²) < 4.78 is 5.23. The maximum absolute atomic E-state index is 12.6. The highest BCUT2D eigenvalue weighted by Gasteiger charge is 2.34. The summed E-state index contributed by atoms with van der Waals surface area (Å²) >= 11 is 1.60. The van der Waals surface area contributed by atoms with Crippen LogP contribution in [0.5, 0.6) is 5.75 Å². The second-order valence-corrected chi connectivity index (χ2v) is 9.07. The maximum atomic E-state index is 12.6. The number of nitrogens with one attached hydrogen (secondary N) is 1. The molecule has 1 unspecified atom stereocenters. The van der Waals surface area contributed by atoms with Gasteiger partial charge in [-0.25, -0.2) is 0 Å². The van der Waals surface area contributed by atoms with Crippen LogP contribution in [0.3, 0.4) is 0 Å². The van der Waals surface area contributed by atoms with Gasteiger partial charge in [0.05, 0.1) is 12.9 Å². The number of ether oxygens (including phenoxy) is 1.